The summed E-state index contributed by atoms with van der Waals surface area (Å²) in [6.45, 7) is 0.665. The van der Waals surface area contributed by atoms with Crippen LogP contribution in [0.15, 0.2) is 17.2 Å². The molecule has 0 aliphatic carbocycles. The van der Waals surface area contributed by atoms with Crippen molar-refractivity contribution in [3.8, 4) is 0 Å². The Morgan fingerprint density at radius 3 is 2.80 bits per heavy atom. The summed E-state index contributed by atoms with van der Waals surface area (Å²) in [7, 11) is 1.72. The number of hydrogen-bond acceptors (Lipinski definition) is 3. The molecule has 1 aliphatic rings. The van der Waals surface area contributed by atoms with Gasteiger partial charge in [0.15, 0.2) is 0 Å². The molecule has 80 valence electrons. The molecule has 1 atom stereocenters. The van der Waals surface area contributed by atoms with Gasteiger partial charge in [-0.05, 0) is 6.42 Å². The summed E-state index contributed by atoms with van der Waals surface area (Å²) in [5.74, 6) is -0.0544. The molecule has 1 aliphatic heterocycles. The fourth-order valence-electron chi connectivity index (χ4n) is 1.68. The molecule has 1 aromatic rings. The number of amides is 1. The van der Waals surface area contributed by atoms with Crippen LogP contribution in [0.4, 0.5) is 0 Å². The molecule has 15 heavy (non-hydrogen) atoms. The maximum absolute atomic E-state index is 11.6. The zero-order valence-electron chi connectivity index (χ0n) is 8.18. The highest BCUT2D eigenvalue weighted by Crippen LogP contribution is 2.19. The second-order valence-electron chi connectivity index (χ2n) is 3.52. The van der Waals surface area contributed by atoms with Gasteiger partial charge in [-0.3, -0.25) is 14.2 Å². The van der Waals surface area contributed by atoms with Crippen LogP contribution in [0.3, 0.4) is 0 Å². The first-order chi connectivity index (χ1) is 7.09. The second-order valence-corrected chi connectivity index (χ2v) is 3.91. The van der Waals surface area contributed by atoms with Crippen molar-refractivity contribution in [2.75, 3.05) is 13.6 Å². The van der Waals surface area contributed by atoms with Gasteiger partial charge < -0.3 is 4.90 Å². The number of aromatic nitrogens is 2. The SMILES string of the molecule is CN1CCC(n2cnc(Cl)cc2=O)C1=O. The Balaban J connectivity index is 2.39. The average molecular weight is 228 g/mol. The Morgan fingerprint density at radius 2 is 2.27 bits per heavy atom. The summed E-state index contributed by atoms with van der Waals surface area (Å²) >= 11 is 5.57. The number of carbonyl (C=O) groups is 1. The van der Waals surface area contributed by atoms with Gasteiger partial charge in [-0.2, -0.15) is 0 Å². The first kappa shape index (κ1) is 10.2. The minimum absolute atomic E-state index is 0.0544. The molecule has 1 fully saturated rings. The lowest BCUT2D eigenvalue weighted by molar-refractivity contribution is -0.129. The molecule has 6 heteroatoms. The van der Waals surface area contributed by atoms with E-state index in [1.54, 1.807) is 11.9 Å². The molecule has 1 aromatic heterocycles. The van der Waals surface area contributed by atoms with E-state index in [1.807, 2.05) is 0 Å². The standard InChI is InChI=1S/C9H10ClN3O2/c1-12-3-2-6(9(12)15)13-5-11-7(10)4-8(13)14/h4-6H,2-3H2,1H3. The molecule has 0 aromatic carbocycles. The monoisotopic (exact) mass is 227 g/mol. The van der Waals surface area contributed by atoms with Crippen LogP contribution in [0.25, 0.3) is 0 Å². The van der Waals surface area contributed by atoms with E-state index in [2.05, 4.69) is 4.98 Å². The van der Waals surface area contributed by atoms with Crippen molar-refractivity contribution in [2.45, 2.75) is 12.5 Å². The van der Waals surface area contributed by atoms with Gasteiger partial charge in [0.05, 0.1) is 6.33 Å². The highest BCUT2D eigenvalue weighted by Gasteiger charge is 2.30. The quantitative estimate of drug-likeness (QED) is 0.649. The van der Waals surface area contributed by atoms with E-state index in [1.165, 1.54) is 17.0 Å². The smallest absolute Gasteiger partial charge is 0.255 e. The fraction of sp³-hybridized carbons (Fsp3) is 0.444. The topological polar surface area (TPSA) is 55.2 Å². The first-order valence-electron chi connectivity index (χ1n) is 4.58. The fourth-order valence-corrected chi connectivity index (χ4v) is 1.82. The van der Waals surface area contributed by atoms with E-state index >= 15 is 0 Å². The highest BCUT2D eigenvalue weighted by atomic mass is 35.5. The molecular formula is C9H10ClN3O2. The van der Waals surface area contributed by atoms with E-state index in [-0.39, 0.29) is 16.6 Å². The molecule has 5 nitrogen and oxygen atoms in total. The molecule has 1 saturated heterocycles. The molecule has 0 N–H and O–H groups in total. The van der Waals surface area contributed by atoms with E-state index in [0.717, 1.165) is 0 Å². The number of halogens is 1. The summed E-state index contributed by atoms with van der Waals surface area (Å²) in [6.07, 6.45) is 1.96. The van der Waals surface area contributed by atoms with Crippen molar-refractivity contribution in [2.24, 2.45) is 0 Å². The van der Waals surface area contributed by atoms with Crippen LogP contribution in [0.2, 0.25) is 5.15 Å². The zero-order valence-corrected chi connectivity index (χ0v) is 8.94. The zero-order chi connectivity index (χ0) is 11.0. The normalized spacial score (nSPS) is 21.1. The summed E-state index contributed by atoms with van der Waals surface area (Å²) in [4.78, 5) is 28.6. The predicted molar refractivity (Wildman–Crippen MR) is 54.8 cm³/mol. The Hall–Kier alpha value is -1.36. The van der Waals surface area contributed by atoms with Gasteiger partial charge in [0.25, 0.3) is 5.56 Å². The number of nitrogens with zero attached hydrogens (tertiary/aromatic N) is 3. The van der Waals surface area contributed by atoms with Gasteiger partial charge >= 0.3 is 0 Å². The van der Waals surface area contributed by atoms with Gasteiger partial charge in [0.1, 0.15) is 11.2 Å². The maximum atomic E-state index is 11.6. The van der Waals surface area contributed by atoms with E-state index in [0.29, 0.717) is 13.0 Å². The third kappa shape index (κ3) is 1.74. The summed E-state index contributed by atoms with van der Waals surface area (Å²) in [5.41, 5.74) is -0.288. The van der Waals surface area contributed by atoms with Crippen LogP contribution in [0.5, 0.6) is 0 Å². The summed E-state index contributed by atoms with van der Waals surface area (Å²) in [5, 5.41) is 0.148. The minimum Gasteiger partial charge on any atom is -0.344 e. The van der Waals surface area contributed by atoms with Crippen LogP contribution in [0.1, 0.15) is 12.5 Å². The van der Waals surface area contributed by atoms with Crippen molar-refractivity contribution in [1.82, 2.24) is 14.5 Å². The lowest BCUT2D eigenvalue weighted by Gasteiger charge is -2.12. The van der Waals surface area contributed by atoms with E-state index < -0.39 is 6.04 Å². The van der Waals surface area contributed by atoms with Crippen molar-refractivity contribution in [1.29, 1.82) is 0 Å². The third-order valence-electron chi connectivity index (χ3n) is 2.54. The van der Waals surface area contributed by atoms with Crippen molar-refractivity contribution >= 4 is 17.5 Å². The number of likely N-dealkylation sites (N-methyl/N-ethyl adjacent to an activating group) is 1. The molecule has 0 bridgehead atoms. The van der Waals surface area contributed by atoms with Crippen LogP contribution < -0.4 is 5.56 Å². The number of rotatable bonds is 1. The summed E-state index contributed by atoms with van der Waals surface area (Å²) < 4.78 is 1.33. The molecule has 0 spiro atoms. The van der Waals surface area contributed by atoms with Crippen LogP contribution in [-0.4, -0.2) is 34.0 Å². The first-order valence-corrected chi connectivity index (χ1v) is 4.96. The van der Waals surface area contributed by atoms with Gasteiger partial charge in [-0.25, -0.2) is 4.98 Å². The molecule has 1 amide bonds. The third-order valence-corrected chi connectivity index (χ3v) is 2.74. The Bertz CT molecular complexity index is 457. The van der Waals surface area contributed by atoms with Crippen molar-refractivity contribution in [3.63, 3.8) is 0 Å². The Kier molecular flexibility index (Phi) is 2.48. The van der Waals surface area contributed by atoms with Crippen LogP contribution >= 0.6 is 11.6 Å². The predicted octanol–water partition coefficient (Wildman–Crippen LogP) is 0.300. The van der Waals surface area contributed by atoms with E-state index in [9.17, 15) is 9.59 Å². The number of hydrogen-bond donors (Lipinski definition) is 0. The second kappa shape index (κ2) is 3.66. The van der Waals surface area contributed by atoms with Gasteiger partial charge in [-0.15, -0.1) is 0 Å². The molecular weight excluding hydrogens is 218 g/mol. The largest absolute Gasteiger partial charge is 0.344 e. The van der Waals surface area contributed by atoms with Gasteiger partial charge in [0, 0.05) is 19.7 Å². The summed E-state index contributed by atoms with van der Waals surface area (Å²) in [6, 6.07) is 0.792. The molecule has 2 heterocycles. The highest BCUT2D eigenvalue weighted by molar-refractivity contribution is 6.29. The lowest BCUT2D eigenvalue weighted by Crippen LogP contribution is -2.30. The Labute approximate surface area is 91.3 Å². The number of carbonyl (C=O) groups excluding carboxylic acids is 1. The van der Waals surface area contributed by atoms with Crippen LogP contribution in [-0.2, 0) is 4.79 Å². The van der Waals surface area contributed by atoms with Crippen LogP contribution in [0, 0.1) is 0 Å². The maximum Gasteiger partial charge on any atom is 0.255 e. The average Bonchev–Trinajstić information content (AvgIpc) is 2.49. The molecule has 2 rings (SSSR count). The number of likely N-dealkylation sites (tertiary alicyclic amines) is 1. The Morgan fingerprint density at radius 1 is 1.53 bits per heavy atom. The molecule has 0 radical (unpaired) electrons. The molecule has 1 unspecified atom stereocenters. The van der Waals surface area contributed by atoms with Gasteiger partial charge in [0.2, 0.25) is 5.91 Å². The van der Waals surface area contributed by atoms with E-state index in [4.69, 9.17) is 11.6 Å². The minimum atomic E-state index is -0.424. The van der Waals surface area contributed by atoms with Crippen molar-refractivity contribution in [3.05, 3.63) is 27.9 Å². The molecule has 0 saturated carbocycles. The van der Waals surface area contributed by atoms with Crippen molar-refractivity contribution < 1.29 is 4.79 Å². The lowest BCUT2D eigenvalue weighted by atomic mass is 10.2. The van der Waals surface area contributed by atoms with Gasteiger partial charge in [-0.1, -0.05) is 11.6 Å².